The zero-order valence-corrected chi connectivity index (χ0v) is 13.4. The minimum absolute atomic E-state index is 0.624. The van der Waals surface area contributed by atoms with Crippen molar-refractivity contribution in [1.82, 2.24) is 5.32 Å². The highest BCUT2D eigenvalue weighted by atomic mass is 16.5. The Labute approximate surface area is 129 Å². The molecule has 3 heteroatoms. The van der Waals surface area contributed by atoms with E-state index in [1.54, 1.807) is 0 Å². The molecule has 1 aliphatic carbocycles. The molecule has 0 aliphatic heterocycles. The molecule has 0 radical (unpaired) electrons. The van der Waals surface area contributed by atoms with Crippen LogP contribution in [0.25, 0.3) is 0 Å². The molecule has 1 aromatic rings. The molecule has 1 fully saturated rings. The number of para-hydroxylation sites is 1. The molecule has 0 spiro atoms. The van der Waals surface area contributed by atoms with E-state index < -0.39 is 0 Å². The molecule has 0 heterocycles. The second kappa shape index (κ2) is 9.06. The minimum atomic E-state index is 0.624. The normalized spacial score (nSPS) is 15.9. The summed E-state index contributed by atoms with van der Waals surface area (Å²) in [5, 5.41) is 3.53. The lowest BCUT2D eigenvalue weighted by Crippen LogP contribution is -2.17. The number of rotatable bonds is 11. The van der Waals surface area contributed by atoms with E-state index in [1.165, 1.54) is 31.2 Å². The van der Waals surface area contributed by atoms with Gasteiger partial charge in [-0.1, -0.05) is 38.5 Å². The first kappa shape index (κ1) is 16.3. The topological polar surface area (TPSA) is 30.5 Å². The molecule has 1 aromatic carbocycles. The van der Waals surface area contributed by atoms with E-state index in [0.29, 0.717) is 19.1 Å². The van der Waals surface area contributed by atoms with Crippen molar-refractivity contribution in [3.05, 3.63) is 29.8 Å². The summed E-state index contributed by atoms with van der Waals surface area (Å²) < 4.78 is 11.5. The number of nitrogens with one attached hydrogen (secondary N) is 1. The van der Waals surface area contributed by atoms with E-state index in [1.807, 2.05) is 12.1 Å². The van der Waals surface area contributed by atoms with Gasteiger partial charge >= 0.3 is 0 Å². The van der Waals surface area contributed by atoms with E-state index in [-0.39, 0.29) is 0 Å². The molecule has 0 saturated heterocycles. The third-order valence-electron chi connectivity index (χ3n) is 3.80. The molecule has 21 heavy (non-hydrogen) atoms. The molecule has 1 unspecified atom stereocenters. The summed E-state index contributed by atoms with van der Waals surface area (Å²) in [4.78, 5) is 0. The van der Waals surface area contributed by atoms with Crippen LogP contribution in [-0.4, -0.2) is 25.9 Å². The standard InChI is InChI=1S/C18H29NO2/c1-3-6-15(2)14-20-11-12-21-18-8-5-4-7-16(18)13-19-17-9-10-17/h4-5,7-8,15,17,19H,3,6,9-14H2,1-2H3. The maximum Gasteiger partial charge on any atom is 0.123 e. The molecule has 0 amide bonds. The van der Waals surface area contributed by atoms with Crippen LogP contribution in [0.5, 0.6) is 5.75 Å². The van der Waals surface area contributed by atoms with Crippen molar-refractivity contribution < 1.29 is 9.47 Å². The summed E-state index contributed by atoms with van der Waals surface area (Å²) in [6, 6.07) is 9.00. The fourth-order valence-corrected chi connectivity index (χ4v) is 2.40. The molecule has 118 valence electrons. The van der Waals surface area contributed by atoms with Crippen LogP contribution in [0.1, 0.15) is 45.1 Å². The quantitative estimate of drug-likeness (QED) is 0.630. The van der Waals surface area contributed by atoms with Gasteiger partial charge < -0.3 is 14.8 Å². The van der Waals surface area contributed by atoms with Gasteiger partial charge in [-0.15, -0.1) is 0 Å². The Hall–Kier alpha value is -1.06. The van der Waals surface area contributed by atoms with Crippen molar-refractivity contribution in [2.75, 3.05) is 19.8 Å². The zero-order chi connectivity index (χ0) is 14.9. The van der Waals surface area contributed by atoms with Gasteiger partial charge in [-0.2, -0.15) is 0 Å². The fraction of sp³-hybridized carbons (Fsp3) is 0.667. The summed E-state index contributed by atoms with van der Waals surface area (Å²) in [6.07, 6.45) is 5.08. The lowest BCUT2D eigenvalue weighted by atomic mass is 10.1. The van der Waals surface area contributed by atoms with Crippen LogP contribution in [0.3, 0.4) is 0 Å². The first-order valence-electron chi connectivity index (χ1n) is 8.31. The second-order valence-corrected chi connectivity index (χ2v) is 6.08. The Morgan fingerprint density at radius 3 is 2.81 bits per heavy atom. The molecule has 3 nitrogen and oxygen atoms in total. The van der Waals surface area contributed by atoms with Crippen molar-refractivity contribution in [2.24, 2.45) is 5.92 Å². The summed E-state index contributed by atoms with van der Waals surface area (Å²) in [6.45, 7) is 7.48. The summed E-state index contributed by atoms with van der Waals surface area (Å²) in [5.41, 5.74) is 1.24. The first-order valence-corrected chi connectivity index (χ1v) is 8.31. The molecule has 1 atom stereocenters. The van der Waals surface area contributed by atoms with Crippen LogP contribution < -0.4 is 10.1 Å². The van der Waals surface area contributed by atoms with Gasteiger partial charge in [0.15, 0.2) is 0 Å². The van der Waals surface area contributed by atoms with Gasteiger partial charge in [0.05, 0.1) is 6.61 Å². The van der Waals surface area contributed by atoms with Gasteiger partial charge in [0, 0.05) is 24.8 Å². The van der Waals surface area contributed by atoms with Crippen molar-refractivity contribution >= 4 is 0 Å². The molecule has 1 aliphatic rings. The summed E-state index contributed by atoms with van der Waals surface area (Å²) in [5.74, 6) is 1.63. The Kier molecular flexibility index (Phi) is 7.04. The summed E-state index contributed by atoms with van der Waals surface area (Å²) in [7, 11) is 0. The van der Waals surface area contributed by atoms with Gasteiger partial charge in [-0.25, -0.2) is 0 Å². The van der Waals surface area contributed by atoms with Crippen molar-refractivity contribution in [3.63, 3.8) is 0 Å². The number of ether oxygens (including phenoxy) is 2. The van der Waals surface area contributed by atoms with Crippen LogP contribution in [0.15, 0.2) is 24.3 Å². The minimum Gasteiger partial charge on any atom is -0.491 e. The van der Waals surface area contributed by atoms with E-state index in [4.69, 9.17) is 9.47 Å². The zero-order valence-electron chi connectivity index (χ0n) is 13.4. The van der Waals surface area contributed by atoms with Crippen molar-refractivity contribution in [2.45, 2.75) is 52.1 Å². The lowest BCUT2D eigenvalue weighted by Gasteiger charge is -2.13. The maximum atomic E-state index is 5.87. The van der Waals surface area contributed by atoms with Gasteiger partial charge in [-0.3, -0.25) is 0 Å². The summed E-state index contributed by atoms with van der Waals surface area (Å²) >= 11 is 0. The molecule has 1 saturated carbocycles. The predicted octanol–water partition coefficient (Wildman–Crippen LogP) is 3.77. The van der Waals surface area contributed by atoms with Crippen LogP contribution in [-0.2, 0) is 11.3 Å². The van der Waals surface area contributed by atoms with Crippen molar-refractivity contribution in [3.8, 4) is 5.75 Å². The van der Waals surface area contributed by atoms with Crippen LogP contribution >= 0.6 is 0 Å². The Morgan fingerprint density at radius 2 is 2.05 bits per heavy atom. The lowest BCUT2D eigenvalue weighted by molar-refractivity contribution is 0.0755. The molecular weight excluding hydrogens is 262 g/mol. The van der Waals surface area contributed by atoms with Gasteiger partial charge in [0.2, 0.25) is 0 Å². The number of benzene rings is 1. The highest BCUT2D eigenvalue weighted by molar-refractivity contribution is 5.33. The van der Waals surface area contributed by atoms with Crippen LogP contribution in [0, 0.1) is 5.92 Å². The second-order valence-electron chi connectivity index (χ2n) is 6.08. The maximum absolute atomic E-state index is 5.87. The molecule has 2 rings (SSSR count). The molecule has 0 aromatic heterocycles. The highest BCUT2D eigenvalue weighted by Gasteiger charge is 2.20. The van der Waals surface area contributed by atoms with E-state index in [9.17, 15) is 0 Å². The molecular formula is C18H29NO2. The Bertz CT molecular complexity index is 404. The van der Waals surface area contributed by atoms with Crippen LogP contribution in [0.4, 0.5) is 0 Å². The van der Waals surface area contributed by atoms with E-state index in [0.717, 1.165) is 24.9 Å². The SMILES string of the molecule is CCCC(C)COCCOc1ccccc1CNC1CC1. The van der Waals surface area contributed by atoms with Gasteiger partial charge in [0.25, 0.3) is 0 Å². The van der Waals surface area contributed by atoms with Gasteiger partial charge in [0.1, 0.15) is 12.4 Å². The molecule has 0 bridgehead atoms. The average molecular weight is 291 g/mol. The van der Waals surface area contributed by atoms with E-state index in [2.05, 4.69) is 31.3 Å². The smallest absolute Gasteiger partial charge is 0.123 e. The van der Waals surface area contributed by atoms with Crippen LogP contribution in [0.2, 0.25) is 0 Å². The van der Waals surface area contributed by atoms with E-state index >= 15 is 0 Å². The monoisotopic (exact) mass is 291 g/mol. The number of hydrogen-bond acceptors (Lipinski definition) is 3. The predicted molar refractivity (Wildman–Crippen MR) is 86.7 cm³/mol. The Balaban J connectivity index is 1.65. The fourth-order valence-electron chi connectivity index (χ4n) is 2.40. The van der Waals surface area contributed by atoms with Gasteiger partial charge in [-0.05, 0) is 31.2 Å². The number of hydrogen-bond donors (Lipinski definition) is 1. The molecule has 1 N–H and O–H groups in total. The highest BCUT2D eigenvalue weighted by Crippen LogP contribution is 2.22. The largest absolute Gasteiger partial charge is 0.491 e. The van der Waals surface area contributed by atoms with Crippen molar-refractivity contribution in [1.29, 1.82) is 0 Å². The first-order chi connectivity index (χ1) is 10.3. The average Bonchev–Trinajstić information content (AvgIpc) is 3.30. The third kappa shape index (κ3) is 6.49. The third-order valence-corrected chi connectivity index (χ3v) is 3.80. The Morgan fingerprint density at radius 1 is 1.24 bits per heavy atom.